The van der Waals surface area contributed by atoms with Crippen LogP contribution in [0.1, 0.15) is 21.6 Å². The zero-order valence-corrected chi connectivity index (χ0v) is 14.2. The van der Waals surface area contributed by atoms with E-state index < -0.39 is 0 Å². The van der Waals surface area contributed by atoms with Gasteiger partial charge in [0, 0.05) is 25.0 Å². The predicted octanol–water partition coefficient (Wildman–Crippen LogP) is 2.36. The van der Waals surface area contributed by atoms with Crippen LogP contribution in [-0.4, -0.2) is 25.5 Å². The van der Waals surface area contributed by atoms with Crippen molar-refractivity contribution in [2.45, 2.75) is 13.1 Å². The molecule has 0 saturated heterocycles. The zero-order chi connectivity index (χ0) is 16.2. The van der Waals surface area contributed by atoms with Crippen LogP contribution in [0.2, 0.25) is 0 Å². The van der Waals surface area contributed by atoms with Crippen molar-refractivity contribution in [1.29, 1.82) is 0 Å². The van der Waals surface area contributed by atoms with Gasteiger partial charge < -0.3 is 5.32 Å². The summed E-state index contributed by atoms with van der Waals surface area (Å²) in [5.74, 6) is -0.112. The number of nitrogens with one attached hydrogen (secondary N) is 1. The van der Waals surface area contributed by atoms with Crippen LogP contribution in [0.15, 0.2) is 53.4 Å². The van der Waals surface area contributed by atoms with Gasteiger partial charge in [-0.2, -0.15) is 10.2 Å². The highest BCUT2D eigenvalue weighted by molar-refractivity contribution is 9.10. The van der Waals surface area contributed by atoms with Crippen molar-refractivity contribution in [2.24, 2.45) is 7.05 Å². The van der Waals surface area contributed by atoms with Crippen LogP contribution in [0.25, 0.3) is 0 Å². The van der Waals surface area contributed by atoms with Gasteiger partial charge in [-0.1, -0.05) is 12.1 Å². The largest absolute Gasteiger partial charge is 0.346 e. The molecule has 1 amide bonds. The van der Waals surface area contributed by atoms with Gasteiger partial charge in [0.2, 0.25) is 0 Å². The molecule has 1 aromatic carbocycles. The van der Waals surface area contributed by atoms with E-state index in [-0.39, 0.29) is 5.91 Å². The van der Waals surface area contributed by atoms with Gasteiger partial charge in [-0.3, -0.25) is 14.2 Å². The SMILES string of the molecule is Cn1ccc(CNC(=O)c2cccc(Cn3cc(Br)cn3)c2)n1. The van der Waals surface area contributed by atoms with Crippen molar-refractivity contribution < 1.29 is 4.79 Å². The van der Waals surface area contributed by atoms with Crippen molar-refractivity contribution in [2.75, 3.05) is 0 Å². The summed E-state index contributed by atoms with van der Waals surface area (Å²) in [6.07, 6.45) is 5.49. The summed E-state index contributed by atoms with van der Waals surface area (Å²) in [4.78, 5) is 12.3. The minimum Gasteiger partial charge on any atom is -0.346 e. The van der Waals surface area contributed by atoms with Crippen molar-refractivity contribution in [3.8, 4) is 0 Å². The molecule has 0 fully saturated rings. The number of carbonyl (C=O) groups is 1. The highest BCUT2D eigenvalue weighted by atomic mass is 79.9. The summed E-state index contributed by atoms with van der Waals surface area (Å²) in [6, 6.07) is 9.42. The van der Waals surface area contributed by atoms with Crippen molar-refractivity contribution in [3.05, 3.63) is 70.2 Å². The highest BCUT2D eigenvalue weighted by Crippen LogP contribution is 2.11. The molecule has 0 bridgehead atoms. The minimum absolute atomic E-state index is 0.112. The standard InChI is InChI=1S/C16H16BrN5O/c1-21-6-5-15(20-21)9-18-16(23)13-4-2-3-12(7-13)10-22-11-14(17)8-19-22/h2-8,11H,9-10H2,1H3,(H,18,23). The average molecular weight is 374 g/mol. The number of carbonyl (C=O) groups excluding carboxylic acids is 1. The van der Waals surface area contributed by atoms with E-state index >= 15 is 0 Å². The Hall–Kier alpha value is -2.41. The predicted molar refractivity (Wildman–Crippen MR) is 89.8 cm³/mol. The van der Waals surface area contributed by atoms with E-state index in [2.05, 4.69) is 31.4 Å². The van der Waals surface area contributed by atoms with Gasteiger partial charge in [-0.15, -0.1) is 0 Å². The molecular formula is C16H16BrN5O. The van der Waals surface area contributed by atoms with Crippen molar-refractivity contribution >= 4 is 21.8 Å². The number of amides is 1. The fourth-order valence-electron chi connectivity index (χ4n) is 2.25. The summed E-state index contributed by atoms with van der Waals surface area (Å²) in [7, 11) is 1.85. The summed E-state index contributed by atoms with van der Waals surface area (Å²) in [6.45, 7) is 1.03. The molecule has 6 nitrogen and oxygen atoms in total. The lowest BCUT2D eigenvalue weighted by Crippen LogP contribution is -2.23. The third kappa shape index (κ3) is 4.07. The number of halogens is 1. The quantitative estimate of drug-likeness (QED) is 0.746. The normalized spacial score (nSPS) is 10.7. The molecule has 23 heavy (non-hydrogen) atoms. The zero-order valence-electron chi connectivity index (χ0n) is 12.6. The molecule has 0 aliphatic carbocycles. The van der Waals surface area contributed by atoms with Crippen LogP contribution in [0.5, 0.6) is 0 Å². The van der Waals surface area contributed by atoms with Gasteiger partial charge in [-0.05, 0) is 39.7 Å². The molecular weight excluding hydrogens is 358 g/mol. The first-order chi connectivity index (χ1) is 11.1. The molecule has 3 rings (SSSR count). The molecule has 0 unspecified atom stereocenters. The van der Waals surface area contributed by atoms with Gasteiger partial charge in [0.25, 0.3) is 5.91 Å². The van der Waals surface area contributed by atoms with Gasteiger partial charge in [0.05, 0.1) is 29.5 Å². The lowest BCUT2D eigenvalue weighted by Gasteiger charge is -2.06. The lowest BCUT2D eigenvalue weighted by molar-refractivity contribution is 0.0950. The Morgan fingerprint density at radius 3 is 2.91 bits per heavy atom. The summed E-state index contributed by atoms with van der Waals surface area (Å²) < 4.78 is 4.46. The Labute approximate surface area is 142 Å². The second kappa shape index (κ2) is 6.78. The Kier molecular flexibility index (Phi) is 4.57. The Balaban J connectivity index is 1.65. The van der Waals surface area contributed by atoms with E-state index in [0.29, 0.717) is 18.7 Å². The van der Waals surface area contributed by atoms with Crippen molar-refractivity contribution in [1.82, 2.24) is 24.9 Å². The molecule has 118 valence electrons. The monoisotopic (exact) mass is 373 g/mol. The van der Waals surface area contributed by atoms with Crippen LogP contribution in [0.3, 0.4) is 0 Å². The maximum atomic E-state index is 12.3. The number of rotatable bonds is 5. The summed E-state index contributed by atoms with van der Waals surface area (Å²) in [5, 5.41) is 11.3. The fourth-order valence-corrected chi connectivity index (χ4v) is 2.58. The Morgan fingerprint density at radius 1 is 1.35 bits per heavy atom. The molecule has 0 radical (unpaired) electrons. The topological polar surface area (TPSA) is 64.7 Å². The molecule has 2 aromatic heterocycles. The number of nitrogens with zero attached hydrogens (tertiary/aromatic N) is 4. The van der Waals surface area contributed by atoms with Crippen LogP contribution in [0, 0.1) is 0 Å². The van der Waals surface area contributed by atoms with Gasteiger partial charge in [-0.25, -0.2) is 0 Å². The fraction of sp³-hybridized carbons (Fsp3) is 0.188. The molecule has 0 spiro atoms. The second-order valence-electron chi connectivity index (χ2n) is 5.22. The molecule has 1 N–H and O–H groups in total. The second-order valence-corrected chi connectivity index (χ2v) is 6.14. The first kappa shape index (κ1) is 15.5. The van der Waals surface area contributed by atoms with E-state index in [4.69, 9.17) is 0 Å². The number of aromatic nitrogens is 4. The minimum atomic E-state index is -0.112. The third-order valence-corrected chi connectivity index (χ3v) is 3.74. The van der Waals surface area contributed by atoms with Crippen LogP contribution in [-0.2, 0) is 20.1 Å². The lowest BCUT2D eigenvalue weighted by atomic mass is 10.1. The number of benzene rings is 1. The van der Waals surface area contributed by atoms with E-state index in [9.17, 15) is 4.79 Å². The van der Waals surface area contributed by atoms with E-state index in [1.54, 1.807) is 16.9 Å². The highest BCUT2D eigenvalue weighted by Gasteiger charge is 2.07. The molecule has 0 aliphatic heterocycles. The molecule has 0 atom stereocenters. The average Bonchev–Trinajstić information content (AvgIpc) is 3.13. The third-order valence-electron chi connectivity index (χ3n) is 3.33. The van der Waals surface area contributed by atoms with Crippen LogP contribution >= 0.6 is 15.9 Å². The van der Waals surface area contributed by atoms with Gasteiger partial charge in [0.1, 0.15) is 0 Å². The van der Waals surface area contributed by atoms with Crippen LogP contribution in [0.4, 0.5) is 0 Å². The molecule has 0 saturated carbocycles. The molecule has 0 aliphatic rings. The van der Waals surface area contributed by atoms with Gasteiger partial charge >= 0.3 is 0 Å². The number of hydrogen-bond acceptors (Lipinski definition) is 3. The van der Waals surface area contributed by atoms with E-state index in [1.165, 1.54) is 0 Å². The summed E-state index contributed by atoms with van der Waals surface area (Å²) >= 11 is 3.37. The molecule has 7 heteroatoms. The smallest absolute Gasteiger partial charge is 0.251 e. The first-order valence-electron chi connectivity index (χ1n) is 7.14. The van der Waals surface area contributed by atoms with Crippen LogP contribution < -0.4 is 5.32 Å². The Bertz CT molecular complexity index is 823. The van der Waals surface area contributed by atoms with E-state index in [0.717, 1.165) is 15.7 Å². The van der Waals surface area contributed by atoms with Gasteiger partial charge in [0.15, 0.2) is 0 Å². The van der Waals surface area contributed by atoms with Crippen molar-refractivity contribution in [3.63, 3.8) is 0 Å². The Morgan fingerprint density at radius 2 is 2.22 bits per heavy atom. The molecule has 2 heterocycles. The maximum Gasteiger partial charge on any atom is 0.251 e. The number of hydrogen-bond donors (Lipinski definition) is 1. The van der Waals surface area contributed by atoms with E-state index in [1.807, 2.05) is 48.4 Å². The first-order valence-corrected chi connectivity index (χ1v) is 7.93. The summed E-state index contributed by atoms with van der Waals surface area (Å²) in [5.41, 5.74) is 2.48. The maximum absolute atomic E-state index is 12.3. The molecule has 3 aromatic rings. The number of aryl methyl sites for hydroxylation is 1.